The Morgan fingerprint density at radius 2 is 2.20 bits per heavy atom. The first-order valence-electron chi connectivity index (χ1n) is 4.69. The number of aldehydes is 1. The predicted octanol–water partition coefficient (Wildman–Crippen LogP) is 3.06. The molecule has 0 saturated carbocycles. The van der Waals surface area contributed by atoms with E-state index in [0.29, 0.717) is 28.1 Å². The minimum Gasteiger partial charge on any atom is -0.493 e. The standard InChI is InChI=1S/C11H13BrO3/c1-3-6-15-11-8(7-13)9(12)4-5-10(11)14-2/h4-5,7H,3,6H2,1-2H3. The zero-order chi connectivity index (χ0) is 11.3. The minimum atomic E-state index is 0.489. The van der Waals surface area contributed by atoms with Gasteiger partial charge < -0.3 is 9.47 Å². The summed E-state index contributed by atoms with van der Waals surface area (Å²) in [4.78, 5) is 10.9. The van der Waals surface area contributed by atoms with Crippen LogP contribution in [0.2, 0.25) is 0 Å². The van der Waals surface area contributed by atoms with E-state index in [-0.39, 0.29) is 0 Å². The highest BCUT2D eigenvalue weighted by Crippen LogP contribution is 2.35. The lowest BCUT2D eigenvalue weighted by molar-refractivity contribution is 0.111. The van der Waals surface area contributed by atoms with Gasteiger partial charge in [0.1, 0.15) is 0 Å². The molecule has 0 heterocycles. The van der Waals surface area contributed by atoms with Gasteiger partial charge in [0.05, 0.1) is 19.3 Å². The van der Waals surface area contributed by atoms with Gasteiger partial charge in [0.2, 0.25) is 0 Å². The molecule has 82 valence electrons. The van der Waals surface area contributed by atoms with E-state index in [9.17, 15) is 4.79 Å². The minimum absolute atomic E-state index is 0.489. The van der Waals surface area contributed by atoms with Crippen molar-refractivity contribution in [2.45, 2.75) is 13.3 Å². The normalized spacial score (nSPS) is 9.80. The molecule has 0 atom stereocenters. The molecule has 0 aliphatic rings. The average molecular weight is 273 g/mol. The molecule has 0 aliphatic heterocycles. The summed E-state index contributed by atoms with van der Waals surface area (Å²) < 4.78 is 11.3. The summed E-state index contributed by atoms with van der Waals surface area (Å²) in [6.45, 7) is 2.57. The van der Waals surface area contributed by atoms with Gasteiger partial charge in [0.25, 0.3) is 0 Å². The van der Waals surface area contributed by atoms with E-state index in [1.807, 2.05) is 6.92 Å². The maximum absolute atomic E-state index is 10.9. The second kappa shape index (κ2) is 5.75. The summed E-state index contributed by atoms with van der Waals surface area (Å²) in [5.74, 6) is 1.08. The number of benzene rings is 1. The molecule has 1 aromatic carbocycles. The van der Waals surface area contributed by atoms with Gasteiger partial charge in [-0.15, -0.1) is 0 Å². The highest BCUT2D eigenvalue weighted by Gasteiger charge is 2.13. The van der Waals surface area contributed by atoms with E-state index in [2.05, 4.69) is 15.9 Å². The Bertz CT molecular complexity index is 350. The molecule has 0 bridgehead atoms. The fourth-order valence-electron chi connectivity index (χ4n) is 1.18. The summed E-state index contributed by atoms with van der Waals surface area (Å²) in [6.07, 6.45) is 1.64. The quantitative estimate of drug-likeness (QED) is 0.773. The lowest BCUT2D eigenvalue weighted by Crippen LogP contribution is -2.01. The molecule has 0 aliphatic carbocycles. The fraction of sp³-hybridized carbons (Fsp3) is 0.364. The number of carbonyl (C=O) groups excluding carboxylic acids is 1. The van der Waals surface area contributed by atoms with Gasteiger partial charge >= 0.3 is 0 Å². The van der Waals surface area contributed by atoms with E-state index < -0.39 is 0 Å². The molecule has 4 heteroatoms. The van der Waals surface area contributed by atoms with Crippen LogP contribution in [0.3, 0.4) is 0 Å². The van der Waals surface area contributed by atoms with Gasteiger partial charge in [-0.05, 0) is 34.5 Å². The van der Waals surface area contributed by atoms with Crippen LogP contribution in [0.5, 0.6) is 11.5 Å². The molecule has 0 aromatic heterocycles. The molecule has 3 nitrogen and oxygen atoms in total. The Hall–Kier alpha value is -1.03. The van der Waals surface area contributed by atoms with Crippen LogP contribution < -0.4 is 9.47 Å². The molecule has 0 fully saturated rings. The average Bonchev–Trinajstić information content (AvgIpc) is 2.26. The first kappa shape index (κ1) is 12.0. The number of halogens is 1. The van der Waals surface area contributed by atoms with Crippen molar-refractivity contribution < 1.29 is 14.3 Å². The molecule has 1 aromatic rings. The molecule has 0 amide bonds. The zero-order valence-corrected chi connectivity index (χ0v) is 10.3. The smallest absolute Gasteiger partial charge is 0.172 e. The third-order valence-corrected chi connectivity index (χ3v) is 2.59. The van der Waals surface area contributed by atoms with Gasteiger partial charge in [-0.25, -0.2) is 0 Å². The van der Waals surface area contributed by atoms with Crippen molar-refractivity contribution in [3.05, 3.63) is 22.2 Å². The van der Waals surface area contributed by atoms with Crippen molar-refractivity contribution in [3.8, 4) is 11.5 Å². The van der Waals surface area contributed by atoms with Crippen LogP contribution in [-0.4, -0.2) is 20.0 Å². The van der Waals surface area contributed by atoms with Crippen molar-refractivity contribution in [1.29, 1.82) is 0 Å². The molecule has 0 N–H and O–H groups in total. The number of rotatable bonds is 5. The van der Waals surface area contributed by atoms with Crippen molar-refractivity contribution in [3.63, 3.8) is 0 Å². The number of methoxy groups -OCH3 is 1. The van der Waals surface area contributed by atoms with Crippen molar-refractivity contribution >= 4 is 22.2 Å². The Morgan fingerprint density at radius 3 is 2.73 bits per heavy atom. The molecular weight excluding hydrogens is 260 g/mol. The highest BCUT2D eigenvalue weighted by atomic mass is 79.9. The lowest BCUT2D eigenvalue weighted by atomic mass is 10.2. The van der Waals surface area contributed by atoms with E-state index >= 15 is 0 Å². The Kier molecular flexibility index (Phi) is 4.62. The predicted molar refractivity (Wildman–Crippen MR) is 61.9 cm³/mol. The van der Waals surface area contributed by atoms with Gasteiger partial charge in [-0.1, -0.05) is 6.92 Å². The molecular formula is C11H13BrO3. The third-order valence-electron chi connectivity index (χ3n) is 1.90. The summed E-state index contributed by atoms with van der Waals surface area (Å²) >= 11 is 3.30. The van der Waals surface area contributed by atoms with E-state index in [1.165, 1.54) is 0 Å². The van der Waals surface area contributed by atoms with E-state index in [1.54, 1.807) is 19.2 Å². The summed E-state index contributed by atoms with van der Waals surface area (Å²) in [6, 6.07) is 3.53. The summed E-state index contributed by atoms with van der Waals surface area (Å²) in [5.41, 5.74) is 0.489. The van der Waals surface area contributed by atoms with Crippen LogP contribution >= 0.6 is 15.9 Å². The molecule has 0 radical (unpaired) electrons. The van der Waals surface area contributed by atoms with Crippen LogP contribution in [-0.2, 0) is 0 Å². The highest BCUT2D eigenvalue weighted by molar-refractivity contribution is 9.10. The molecule has 0 saturated heterocycles. The molecule has 0 unspecified atom stereocenters. The third kappa shape index (κ3) is 2.72. The van der Waals surface area contributed by atoms with Gasteiger partial charge in [-0.2, -0.15) is 0 Å². The maximum Gasteiger partial charge on any atom is 0.172 e. The van der Waals surface area contributed by atoms with Gasteiger partial charge in [-0.3, -0.25) is 4.79 Å². The Balaban J connectivity index is 3.14. The molecule has 0 spiro atoms. The zero-order valence-electron chi connectivity index (χ0n) is 8.75. The SMILES string of the molecule is CCCOc1c(OC)ccc(Br)c1C=O. The number of carbonyl (C=O) groups is 1. The maximum atomic E-state index is 10.9. The van der Waals surface area contributed by atoms with Crippen molar-refractivity contribution in [1.82, 2.24) is 0 Å². The first-order valence-corrected chi connectivity index (χ1v) is 5.48. The number of hydrogen-bond donors (Lipinski definition) is 0. The molecule has 1 rings (SSSR count). The van der Waals surface area contributed by atoms with E-state index in [4.69, 9.17) is 9.47 Å². The monoisotopic (exact) mass is 272 g/mol. The Morgan fingerprint density at radius 1 is 1.47 bits per heavy atom. The second-order valence-electron chi connectivity index (χ2n) is 2.96. The van der Waals surface area contributed by atoms with E-state index in [0.717, 1.165) is 12.7 Å². The topological polar surface area (TPSA) is 35.5 Å². The Labute approximate surface area is 97.5 Å². The summed E-state index contributed by atoms with van der Waals surface area (Å²) in [7, 11) is 1.55. The van der Waals surface area contributed by atoms with Crippen LogP contribution in [0.15, 0.2) is 16.6 Å². The largest absolute Gasteiger partial charge is 0.493 e. The molecule has 15 heavy (non-hydrogen) atoms. The van der Waals surface area contributed by atoms with Gasteiger partial charge in [0, 0.05) is 4.47 Å². The van der Waals surface area contributed by atoms with Crippen LogP contribution in [0.25, 0.3) is 0 Å². The lowest BCUT2D eigenvalue weighted by Gasteiger charge is -2.12. The number of ether oxygens (including phenoxy) is 2. The van der Waals surface area contributed by atoms with Crippen molar-refractivity contribution in [2.75, 3.05) is 13.7 Å². The van der Waals surface area contributed by atoms with Crippen molar-refractivity contribution in [2.24, 2.45) is 0 Å². The van der Waals surface area contributed by atoms with Crippen LogP contribution in [0.4, 0.5) is 0 Å². The number of hydrogen-bond acceptors (Lipinski definition) is 3. The first-order chi connectivity index (χ1) is 7.24. The second-order valence-corrected chi connectivity index (χ2v) is 3.81. The van der Waals surface area contributed by atoms with Crippen LogP contribution in [0.1, 0.15) is 23.7 Å². The van der Waals surface area contributed by atoms with Crippen LogP contribution in [0, 0.1) is 0 Å². The summed E-state index contributed by atoms with van der Waals surface area (Å²) in [5, 5.41) is 0. The fourth-order valence-corrected chi connectivity index (χ4v) is 1.58. The van der Waals surface area contributed by atoms with Gasteiger partial charge in [0.15, 0.2) is 17.8 Å².